The lowest BCUT2D eigenvalue weighted by Gasteiger charge is -2.39. The molecule has 0 aliphatic carbocycles. The van der Waals surface area contributed by atoms with E-state index >= 15 is 0 Å². The Hall–Kier alpha value is -0.0900. The standard InChI is InChI=1S/C14H20BrClN2/c1-10-4-3-5-11(2)18(10)17-9-12-6-7-13(15)8-14(12)16/h6-8,10-11,17H,3-5,9H2,1-2H3. The van der Waals surface area contributed by atoms with Gasteiger partial charge in [0.2, 0.25) is 0 Å². The van der Waals surface area contributed by atoms with Crippen LogP contribution in [-0.2, 0) is 6.54 Å². The molecule has 1 saturated heterocycles. The maximum absolute atomic E-state index is 6.23. The summed E-state index contributed by atoms with van der Waals surface area (Å²) in [5.41, 5.74) is 4.67. The van der Waals surface area contributed by atoms with E-state index in [1.54, 1.807) is 0 Å². The van der Waals surface area contributed by atoms with Crippen molar-refractivity contribution in [2.24, 2.45) is 0 Å². The molecule has 0 amide bonds. The Bertz CT molecular complexity index is 401. The third kappa shape index (κ3) is 3.47. The van der Waals surface area contributed by atoms with Gasteiger partial charge in [-0.1, -0.05) is 40.0 Å². The molecule has 0 radical (unpaired) electrons. The van der Waals surface area contributed by atoms with Crippen LogP contribution >= 0.6 is 27.5 Å². The van der Waals surface area contributed by atoms with Gasteiger partial charge >= 0.3 is 0 Å². The quantitative estimate of drug-likeness (QED) is 0.884. The fourth-order valence-corrected chi connectivity index (χ4v) is 3.31. The number of benzene rings is 1. The number of hydrogen-bond donors (Lipinski definition) is 1. The van der Waals surface area contributed by atoms with Crippen molar-refractivity contribution in [2.45, 2.75) is 51.7 Å². The van der Waals surface area contributed by atoms with E-state index in [-0.39, 0.29) is 0 Å². The van der Waals surface area contributed by atoms with Crippen molar-refractivity contribution in [1.82, 2.24) is 10.4 Å². The van der Waals surface area contributed by atoms with Gasteiger partial charge in [-0.05, 0) is 44.4 Å². The highest BCUT2D eigenvalue weighted by Gasteiger charge is 2.24. The van der Waals surface area contributed by atoms with E-state index in [1.807, 2.05) is 12.1 Å². The Morgan fingerprint density at radius 1 is 1.33 bits per heavy atom. The van der Waals surface area contributed by atoms with Gasteiger partial charge in [0.05, 0.1) is 0 Å². The van der Waals surface area contributed by atoms with Gasteiger partial charge in [-0.25, -0.2) is 5.01 Å². The predicted octanol–water partition coefficient (Wildman–Crippen LogP) is 4.37. The van der Waals surface area contributed by atoms with Crippen LogP contribution < -0.4 is 5.43 Å². The fourth-order valence-electron chi connectivity index (χ4n) is 2.57. The highest BCUT2D eigenvalue weighted by Crippen LogP contribution is 2.23. The number of halogens is 2. The van der Waals surface area contributed by atoms with E-state index in [9.17, 15) is 0 Å². The molecular weight excluding hydrogens is 312 g/mol. The number of nitrogens with one attached hydrogen (secondary N) is 1. The van der Waals surface area contributed by atoms with Crippen molar-refractivity contribution in [3.05, 3.63) is 33.3 Å². The van der Waals surface area contributed by atoms with Crippen molar-refractivity contribution in [3.63, 3.8) is 0 Å². The number of hydrogen-bond acceptors (Lipinski definition) is 2. The van der Waals surface area contributed by atoms with Crippen LogP contribution in [0.2, 0.25) is 5.02 Å². The minimum atomic E-state index is 0.600. The van der Waals surface area contributed by atoms with E-state index in [0.717, 1.165) is 21.6 Å². The van der Waals surface area contributed by atoms with E-state index in [2.05, 4.69) is 46.3 Å². The van der Waals surface area contributed by atoms with Gasteiger partial charge in [0.15, 0.2) is 0 Å². The molecule has 2 unspecified atom stereocenters. The first kappa shape index (κ1) is 14.3. The van der Waals surface area contributed by atoms with Crippen LogP contribution in [-0.4, -0.2) is 17.1 Å². The molecule has 2 atom stereocenters. The lowest BCUT2D eigenvalue weighted by Crippen LogP contribution is -2.51. The van der Waals surface area contributed by atoms with Crippen molar-refractivity contribution in [1.29, 1.82) is 0 Å². The van der Waals surface area contributed by atoms with E-state index in [4.69, 9.17) is 11.6 Å². The SMILES string of the molecule is CC1CCCC(C)N1NCc1ccc(Br)cc1Cl. The molecule has 1 aromatic carbocycles. The predicted molar refractivity (Wildman–Crippen MR) is 80.6 cm³/mol. The third-order valence-electron chi connectivity index (χ3n) is 3.66. The summed E-state index contributed by atoms with van der Waals surface area (Å²) in [6, 6.07) is 7.25. The second-order valence-electron chi connectivity index (χ2n) is 5.11. The zero-order chi connectivity index (χ0) is 13.1. The summed E-state index contributed by atoms with van der Waals surface area (Å²) >= 11 is 9.66. The molecule has 100 valence electrons. The summed E-state index contributed by atoms with van der Waals surface area (Å²) < 4.78 is 1.02. The van der Waals surface area contributed by atoms with Gasteiger partial charge in [-0.15, -0.1) is 0 Å². The highest BCUT2D eigenvalue weighted by atomic mass is 79.9. The summed E-state index contributed by atoms with van der Waals surface area (Å²) in [4.78, 5) is 0. The summed E-state index contributed by atoms with van der Waals surface area (Å²) in [5.74, 6) is 0. The second kappa shape index (κ2) is 6.38. The van der Waals surface area contributed by atoms with Crippen LogP contribution in [0.25, 0.3) is 0 Å². The molecule has 18 heavy (non-hydrogen) atoms. The zero-order valence-corrected chi connectivity index (χ0v) is 13.3. The molecular formula is C14H20BrClN2. The topological polar surface area (TPSA) is 15.3 Å². The van der Waals surface area contributed by atoms with Crippen LogP contribution in [0.5, 0.6) is 0 Å². The summed E-state index contributed by atoms with van der Waals surface area (Å²) in [5, 5.41) is 3.19. The number of piperidine rings is 1. The average Bonchev–Trinajstić information content (AvgIpc) is 2.31. The van der Waals surface area contributed by atoms with E-state index in [0.29, 0.717) is 12.1 Å². The Morgan fingerprint density at radius 3 is 2.61 bits per heavy atom. The van der Waals surface area contributed by atoms with Crippen LogP contribution in [0.1, 0.15) is 38.7 Å². The number of rotatable bonds is 3. The highest BCUT2D eigenvalue weighted by molar-refractivity contribution is 9.10. The molecule has 1 fully saturated rings. The van der Waals surface area contributed by atoms with Gasteiger partial charge in [0, 0.05) is 28.1 Å². The van der Waals surface area contributed by atoms with Crippen LogP contribution in [0.3, 0.4) is 0 Å². The third-order valence-corrected chi connectivity index (χ3v) is 4.51. The summed E-state index contributed by atoms with van der Waals surface area (Å²) in [6.07, 6.45) is 3.87. The van der Waals surface area contributed by atoms with Crippen LogP contribution in [0.4, 0.5) is 0 Å². The number of nitrogens with zero attached hydrogens (tertiary/aromatic N) is 1. The van der Waals surface area contributed by atoms with Crippen molar-refractivity contribution < 1.29 is 0 Å². The first-order valence-corrected chi connectivity index (χ1v) is 7.71. The van der Waals surface area contributed by atoms with Gasteiger partial charge in [0.1, 0.15) is 0 Å². The maximum atomic E-state index is 6.23. The zero-order valence-electron chi connectivity index (χ0n) is 10.9. The normalized spacial score (nSPS) is 25.3. The van der Waals surface area contributed by atoms with Crippen LogP contribution in [0.15, 0.2) is 22.7 Å². The molecule has 2 rings (SSSR count). The smallest absolute Gasteiger partial charge is 0.0462 e. The van der Waals surface area contributed by atoms with Gasteiger partial charge < -0.3 is 0 Å². The molecule has 1 aromatic rings. The molecule has 1 heterocycles. The second-order valence-corrected chi connectivity index (χ2v) is 6.43. The minimum Gasteiger partial charge on any atom is -0.250 e. The van der Waals surface area contributed by atoms with Gasteiger partial charge in [-0.3, -0.25) is 5.43 Å². The lowest BCUT2D eigenvalue weighted by atomic mass is 10.00. The Morgan fingerprint density at radius 2 is 2.00 bits per heavy atom. The molecule has 2 nitrogen and oxygen atoms in total. The average molecular weight is 332 g/mol. The fraction of sp³-hybridized carbons (Fsp3) is 0.571. The molecule has 1 aliphatic heterocycles. The molecule has 1 aliphatic rings. The molecule has 4 heteroatoms. The van der Waals surface area contributed by atoms with E-state index in [1.165, 1.54) is 19.3 Å². The van der Waals surface area contributed by atoms with Gasteiger partial charge in [-0.2, -0.15) is 0 Å². The molecule has 0 bridgehead atoms. The van der Waals surface area contributed by atoms with Crippen molar-refractivity contribution in [2.75, 3.05) is 0 Å². The number of hydrazine groups is 1. The first-order valence-electron chi connectivity index (χ1n) is 6.53. The van der Waals surface area contributed by atoms with Crippen molar-refractivity contribution >= 4 is 27.5 Å². The van der Waals surface area contributed by atoms with Crippen LogP contribution in [0, 0.1) is 0 Å². The Labute approximate surface area is 123 Å². The Kier molecular flexibility index (Phi) is 5.07. The monoisotopic (exact) mass is 330 g/mol. The molecule has 0 saturated carbocycles. The molecule has 0 spiro atoms. The van der Waals surface area contributed by atoms with E-state index < -0.39 is 0 Å². The first-order chi connectivity index (χ1) is 8.58. The molecule has 1 N–H and O–H groups in total. The molecule has 0 aromatic heterocycles. The maximum Gasteiger partial charge on any atom is 0.0462 e. The summed E-state index contributed by atoms with van der Waals surface area (Å²) in [7, 11) is 0. The summed E-state index contributed by atoms with van der Waals surface area (Å²) in [6.45, 7) is 5.36. The van der Waals surface area contributed by atoms with Crippen molar-refractivity contribution in [3.8, 4) is 0 Å². The largest absolute Gasteiger partial charge is 0.250 e. The van der Waals surface area contributed by atoms with Gasteiger partial charge in [0.25, 0.3) is 0 Å². The Balaban J connectivity index is 1.97. The minimum absolute atomic E-state index is 0.600. The lowest BCUT2D eigenvalue weighted by molar-refractivity contribution is 0.0436.